The summed E-state index contributed by atoms with van der Waals surface area (Å²) in [6.45, 7) is 2.72. The normalized spacial score (nSPS) is 10.7. The van der Waals surface area contributed by atoms with Crippen molar-refractivity contribution in [1.29, 1.82) is 0 Å². The first-order valence-electron chi connectivity index (χ1n) is 8.63. The molecule has 0 radical (unpaired) electrons. The molecule has 0 saturated carbocycles. The first kappa shape index (κ1) is 21.7. The van der Waals surface area contributed by atoms with Crippen LogP contribution in [0.1, 0.15) is 23.7 Å². The van der Waals surface area contributed by atoms with Crippen LogP contribution in [0.5, 0.6) is 0 Å². The monoisotopic (exact) mass is 497 g/mol. The zero-order chi connectivity index (χ0) is 20.0. The van der Waals surface area contributed by atoms with Crippen molar-refractivity contribution < 1.29 is 4.79 Å². The first-order valence-corrected chi connectivity index (χ1v) is 11.9. The van der Waals surface area contributed by atoms with Crippen LogP contribution in [0.3, 0.4) is 0 Å². The van der Waals surface area contributed by atoms with Gasteiger partial charge in [0.1, 0.15) is 11.8 Å². The molecule has 0 saturated heterocycles. The lowest BCUT2D eigenvalue weighted by Gasteiger charge is -2.11. The van der Waals surface area contributed by atoms with Gasteiger partial charge in [-0.3, -0.25) is 13.6 Å². The van der Waals surface area contributed by atoms with Gasteiger partial charge in [-0.2, -0.15) is 0 Å². The summed E-state index contributed by atoms with van der Waals surface area (Å²) in [6.07, 6.45) is 5.54. The van der Waals surface area contributed by atoms with Crippen LogP contribution < -0.4 is 5.56 Å². The highest BCUT2D eigenvalue weighted by Crippen LogP contribution is 2.31. The second-order valence-electron chi connectivity index (χ2n) is 6.60. The molecule has 7 heteroatoms. The van der Waals surface area contributed by atoms with E-state index in [1.807, 2.05) is 66.7 Å². The number of pyridine rings is 1. The average molecular weight is 497 g/mol. The number of rotatable bonds is 5. The Labute approximate surface area is 176 Å². The van der Waals surface area contributed by atoms with Crippen molar-refractivity contribution in [2.75, 3.05) is 21.1 Å². The maximum absolute atomic E-state index is 12.7. The number of fused-ring (bicyclic) bond motifs is 1. The van der Waals surface area contributed by atoms with Crippen LogP contribution >= 0.6 is 30.3 Å². The highest BCUT2D eigenvalue weighted by molar-refractivity contribution is 14.2. The van der Waals surface area contributed by atoms with Gasteiger partial charge in [-0.15, -0.1) is 0 Å². The fraction of sp³-hybridized carbons (Fsp3) is 0.300. The number of hydrogen-bond acceptors (Lipinski definition) is 4. The molecule has 0 aliphatic carbocycles. The predicted molar refractivity (Wildman–Crippen MR) is 124 cm³/mol. The average Bonchev–Trinajstić information content (AvgIpc) is 3.08. The molecule has 0 unspecified atom stereocenters. The molecule has 27 heavy (non-hydrogen) atoms. The topological polar surface area (TPSA) is 47.2 Å². The van der Waals surface area contributed by atoms with E-state index in [0.29, 0.717) is 17.6 Å². The lowest BCUT2D eigenvalue weighted by atomic mass is 10.0. The molecule has 3 rings (SSSR count). The van der Waals surface area contributed by atoms with Crippen LogP contribution in [-0.2, 0) is 6.54 Å². The van der Waals surface area contributed by atoms with Crippen molar-refractivity contribution in [1.82, 2.24) is 13.4 Å². The summed E-state index contributed by atoms with van der Waals surface area (Å²) in [4.78, 5) is 25.8. The van der Waals surface area contributed by atoms with E-state index in [2.05, 4.69) is 28.1 Å². The van der Waals surface area contributed by atoms with Crippen molar-refractivity contribution >= 4 is 47.5 Å². The van der Waals surface area contributed by atoms with Crippen molar-refractivity contribution in [3.05, 3.63) is 58.6 Å². The van der Waals surface area contributed by atoms with Gasteiger partial charge in [0.2, 0.25) is 0 Å². The van der Waals surface area contributed by atoms with E-state index < -0.39 is 0 Å². The summed E-state index contributed by atoms with van der Waals surface area (Å²) in [6, 6.07) is 9.43. The van der Waals surface area contributed by atoms with E-state index in [1.54, 1.807) is 10.6 Å². The molecule has 0 amide bonds. The smallest absolute Gasteiger partial charge is 0.276 e. The number of carbonyl (C=O) groups excluding carboxylic acids is 1. The Bertz CT molecular complexity index is 976. The third kappa shape index (κ3) is 5.24. The van der Waals surface area contributed by atoms with Crippen molar-refractivity contribution in [2.24, 2.45) is 0 Å². The molecular formula is C20H24IN3O2S. The van der Waals surface area contributed by atoms with Crippen LogP contribution in [0.15, 0.2) is 47.5 Å². The summed E-state index contributed by atoms with van der Waals surface area (Å²) >= 11 is 2.17. The van der Waals surface area contributed by atoms with Crippen LogP contribution in [0, 0.1) is 0 Å². The molecule has 5 nitrogen and oxygen atoms in total. The summed E-state index contributed by atoms with van der Waals surface area (Å²) in [5, 5.41) is 0.912. The Morgan fingerprint density at radius 2 is 1.93 bits per heavy atom. The number of carbonyl (C=O) groups is 1. The molecular weight excluding hydrogens is 473 g/mol. The van der Waals surface area contributed by atoms with E-state index in [1.165, 1.54) is 9.12 Å². The van der Waals surface area contributed by atoms with Crippen LogP contribution in [0.4, 0.5) is 0 Å². The first-order chi connectivity index (χ1) is 12.9. The molecule has 3 aromatic rings. The molecule has 0 spiro atoms. The molecule has 0 aliphatic rings. The van der Waals surface area contributed by atoms with Gasteiger partial charge in [0, 0.05) is 65.8 Å². The third-order valence-electron chi connectivity index (χ3n) is 3.76. The Kier molecular flexibility index (Phi) is 8.12. The van der Waals surface area contributed by atoms with Gasteiger partial charge < -0.3 is 9.47 Å². The molecule has 1 aromatic carbocycles. The maximum atomic E-state index is 12.7. The Hall–Kier alpha value is -1.58. The SMILES string of the molecule is CCCn1cc(-c2cccc(C=O)c2)c2ccn(SI)c2c1=O.CN(C)C. The number of nitrogens with zero attached hydrogens (tertiary/aromatic N) is 3. The summed E-state index contributed by atoms with van der Waals surface area (Å²) in [7, 11) is 7.47. The molecule has 0 bridgehead atoms. The number of aldehydes is 1. The lowest BCUT2D eigenvalue weighted by molar-refractivity contribution is 0.112. The van der Waals surface area contributed by atoms with Crippen molar-refractivity contribution in [3.63, 3.8) is 0 Å². The van der Waals surface area contributed by atoms with Gasteiger partial charge in [-0.05, 0) is 45.3 Å². The molecule has 144 valence electrons. The van der Waals surface area contributed by atoms with Crippen molar-refractivity contribution in [2.45, 2.75) is 19.9 Å². The fourth-order valence-corrected chi connectivity index (χ4v) is 4.07. The Balaban J connectivity index is 0.000000596. The quantitative estimate of drug-likeness (QED) is 0.378. The second-order valence-corrected chi connectivity index (χ2v) is 8.31. The molecule has 0 aliphatic heterocycles. The minimum absolute atomic E-state index is 0.0197. The minimum Gasteiger partial charge on any atom is -0.313 e. The van der Waals surface area contributed by atoms with E-state index in [0.717, 1.165) is 29.2 Å². The second kappa shape index (κ2) is 10.1. The van der Waals surface area contributed by atoms with Crippen molar-refractivity contribution in [3.8, 4) is 11.1 Å². The third-order valence-corrected chi connectivity index (χ3v) is 5.49. The molecule has 0 atom stereocenters. The maximum Gasteiger partial charge on any atom is 0.276 e. The zero-order valence-corrected chi connectivity index (χ0v) is 19.0. The standard InChI is InChI=1S/C17H15IN2O2S.C3H9N/c1-2-7-19-10-15(13-5-3-4-12(9-13)11-21)14-6-8-20(23-18)16(14)17(19)22;1-4(2)3/h3-6,8-11H,2,7H2,1H3;1-3H3. The largest absolute Gasteiger partial charge is 0.313 e. The highest BCUT2D eigenvalue weighted by atomic mass is 127. The van der Waals surface area contributed by atoms with E-state index in [4.69, 9.17) is 0 Å². The number of halogens is 1. The van der Waals surface area contributed by atoms with E-state index in [9.17, 15) is 9.59 Å². The highest BCUT2D eigenvalue weighted by Gasteiger charge is 2.14. The molecule has 0 fully saturated rings. The fourth-order valence-electron chi connectivity index (χ4n) is 2.74. The number of aromatic nitrogens is 2. The molecule has 0 N–H and O–H groups in total. The van der Waals surface area contributed by atoms with Gasteiger partial charge in [0.05, 0.1) is 0 Å². The van der Waals surface area contributed by atoms with Gasteiger partial charge >= 0.3 is 0 Å². The van der Waals surface area contributed by atoms with Crippen LogP contribution in [0.25, 0.3) is 22.0 Å². The zero-order valence-electron chi connectivity index (χ0n) is 16.0. The van der Waals surface area contributed by atoms with E-state index >= 15 is 0 Å². The predicted octanol–water partition coefficient (Wildman–Crippen LogP) is 4.72. The van der Waals surface area contributed by atoms with Gasteiger partial charge in [-0.25, -0.2) is 0 Å². The number of hydrogen-bond donors (Lipinski definition) is 0. The summed E-state index contributed by atoms with van der Waals surface area (Å²) in [5.74, 6) is 0. The molecule has 2 heterocycles. The summed E-state index contributed by atoms with van der Waals surface area (Å²) in [5.41, 5.74) is 3.26. The Morgan fingerprint density at radius 1 is 1.22 bits per heavy atom. The van der Waals surface area contributed by atoms with Crippen LogP contribution in [-0.4, -0.2) is 40.9 Å². The molecule has 2 aromatic heterocycles. The van der Waals surface area contributed by atoms with E-state index in [-0.39, 0.29) is 5.56 Å². The lowest BCUT2D eigenvalue weighted by Crippen LogP contribution is -2.21. The minimum atomic E-state index is 0.0197. The summed E-state index contributed by atoms with van der Waals surface area (Å²) < 4.78 is 3.64. The number of benzene rings is 1. The number of aryl methyl sites for hydroxylation is 1. The Morgan fingerprint density at radius 3 is 2.52 bits per heavy atom. The van der Waals surface area contributed by atoms with Gasteiger partial charge in [-0.1, -0.05) is 25.1 Å². The van der Waals surface area contributed by atoms with Gasteiger partial charge in [0.15, 0.2) is 0 Å². The van der Waals surface area contributed by atoms with Gasteiger partial charge in [0.25, 0.3) is 5.56 Å². The van der Waals surface area contributed by atoms with Crippen LogP contribution in [0.2, 0.25) is 0 Å².